The Morgan fingerprint density at radius 2 is 2.18 bits per heavy atom. The lowest BCUT2D eigenvalue weighted by molar-refractivity contribution is 0.554. The summed E-state index contributed by atoms with van der Waals surface area (Å²) in [5, 5.41) is 1.63. The minimum atomic E-state index is -0.252. The van der Waals surface area contributed by atoms with Crippen LogP contribution in [0.1, 0.15) is 5.76 Å². The largest absolute Gasteiger partial charge is 0.468 e. The maximum Gasteiger partial charge on any atom is 0.123 e. The molecular weight excluding hydrogens is 143 g/mol. The van der Waals surface area contributed by atoms with Gasteiger partial charge in [-0.25, -0.2) is 4.39 Å². The van der Waals surface area contributed by atoms with Crippen molar-refractivity contribution in [2.75, 3.05) is 0 Å². The molecule has 0 spiro atoms. The van der Waals surface area contributed by atoms with Crippen LogP contribution in [-0.2, 0) is 0 Å². The van der Waals surface area contributed by atoms with Crippen molar-refractivity contribution in [1.29, 1.82) is 0 Å². The van der Waals surface area contributed by atoms with Gasteiger partial charge in [0.1, 0.15) is 11.6 Å². The molecule has 2 heteroatoms. The summed E-state index contributed by atoms with van der Waals surface area (Å²) < 4.78 is 17.6. The van der Waals surface area contributed by atoms with Gasteiger partial charge >= 0.3 is 0 Å². The lowest BCUT2D eigenvalue weighted by Crippen LogP contribution is -1.71. The van der Waals surface area contributed by atoms with Crippen molar-refractivity contribution < 1.29 is 8.81 Å². The van der Waals surface area contributed by atoms with Gasteiger partial charge in [-0.3, -0.25) is 0 Å². The maximum absolute atomic E-state index is 12.6. The Bertz CT molecular complexity index is 389. The topological polar surface area (TPSA) is 13.1 Å². The van der Waals surface area contributed by atoms with Gasteiger partial charge in [-0.2, -0.15) is 0 Å². The highest BCUT2D eigenvalue weighted by Crippen LogP contribution is 2.20. The van der Waals surface area contributed by atoms with Crippen LogP contribution in [0.3, 0.4) is 0 Å². The molecule has 55 valence electrons. The van der Waals surface area contributed by atoms with Crippen molar-refractivity contribution in [2.45, 2.75) is 0 Å². The summed E-state index contributed by atoms with van der Waals surface area (Å²) in [7, 11) is 0. The van der Waals surface area contributed by atoms with Crippen LogP contribution in [0.15, 0.2) is 28.9 Å². The zero-order valence-electron chi connectivity index (χ0n) is 5.80. The fourth-order valence-corrected chi connectivity index (χ4v) is 1.08. The smallest absolute Gasteiger partial charge is 0.123 e. The molecule has 0 fully saturated rings. The van der Waals surface area contributed by atoms with Crippen LogP contribution in [0.2, 0.25) is 0 Å². The summed E-state index contributed by atoms with van der Waals surface area (Å²) in [5.41, 5.74) is 0. The van der Waals surface area contributed by atoms with Crippen molar-refractivity contribution in [2.24, 2.45) is 0 Å². The number of hydrogen-bond donors (Lipinski definition) is 0. The van der Waals surface area contributed by atoms with Gasteiger partial charge < -0.3 is 4.42 Å². The van der Waals surface area contributed by atoms with Crippen molar-refractivity contribution in [3.8, 4) is 0 Å². The van der Waals surface area contributed by atoms with Gasteiger partial charge in [0.25, 0.3) is 0 Å². The van der Waals surface area contributed by atoms with E-state index in [4.69, 9.17) is 4.42 Å². The summed E-state index contributed by atoms with van der Waals surface area (Å²) in [6.45, 7) is 3.65. The fourth-order valence-electron chi connectivity index (χ4n) is 1.08. The highest BCUT2D eigenvalue weighted by Gasteiger charge is 2.01. The van der Waals surface area contributed by atoms with Crippen molar-refractivity contribution >= 4 is 10.8 Å². The SMILES string of the molecule is [CH2]c1occ2cc(F)ccc12. The summed E-state index contributed by atoms with van der Waals surface area (Å²) in [6.07, 6.45) is 1.50. The predicted molar refractivity (Wildman–Crippen MR) is 40.6 cm³/mol. The molecule has 0 atom stereocenters. The van der Waals surface area contributed by atoms with Gasteiger partial charge in [0.05, 0.1) is 6.26 Å². The van der Waals surface area contributed by atoms with Crippen molar-refractivity contribution in [3.05, 3.63) is 43.0 Å². The minimum Gasteiger partial charge on any atom is -0.468 e. The summed E-state index contributed by atoms with van der Waals surface area (Å²) >= 11 is 0. The normalized spacial score (nSPS) is 10.7. The molecule has 11 heavy (non-hydrogen) atoms. The van der Waals surface area contributed by atoms with Crippen LogP contribution in [0.5, 0.6) is 0 Å². The first kappa shape index (κ1) is 6.40. The van der Waals surface area contributed by atoms with Gasteiger partial charge in [0.15, 0.2) is 0 Å². The highest BCUT2D eigenvalue weighted by atomic mass is 19.1. The molecule has 0 unspecified atom stereocenters. The van der Waals surface area contributed by atoms with Gasteiger partial charge in [-0.1, -0.05) is 0 Å². The van der Waals surface area contributed by atoms with E-state index in [0.29, 0.717) is 5.76 Å². The number of benzene rings is 1. The number of fused-ring (bicyclic) bond motifs is 1. The van der Waals surface area contributed by atoms with Crippen molar-refractivity contribution in [1.82, 2.24) is 0 Å². The third-order valence-corrected chi connectivity index (χ3v) is 1.64. The first-order valence-electron chi connectivity index (χ1n) is 3.26. The lowest BCUT2D eigenvalue weighted by atomic mass is 10.2. The van der Waals surface area contributed by atoms with Crippen LogP contribution in [0, 0.1) is 12.7 Å². The molecule has 0 saturated carbocycles. The van der Waals surface area contributed by atoms with Gasteiger partial charge in [-0.15, -0.1) is 0 Å². The Morgan fingerprint density at radius 1 is 1.36 bits per heavy atom. The minimum absolute atomic E-state index is 0.252. The van der Waals surface area contributed by atoms with E-state index >= 15 is 0 Å². The van der Waals surface area contributed by atoms with Crippen LogP contribution >= 0.6 is 0 Å². The van der Waals surface area contributed by atoms with E-state index in [1.54, 1.807) is 6.07 Å². The lowest BCUT2D eigenvalue weighted by Gasteiger charge is -1.88. The molecule has 0 aliphatic rings. The average molecular weight is 149 g/mol. The van der Waals surface area contributed by atoms with Crippen LogP contribution < -0.4 is 0 Å². The summed E-state index contributed by atoms with van der Waals surface area (Å²) in [5.74, 6) is 0.332. The second kappa shape index (κ2) is 2.09. The molecule has 0 N–H and O–H groups in total. The molecule has 1 heterocycles. The van der Waals surface area contributed by atoms with Gasteiger partial charge in [-0.05, 0) is 18.2 Å². The van der Waals surface area contributed by atoms with E-state index < -0.39 is 0 Å². The summed E-state index contributed by atoms with van der Waals surface area (Å²) in [4.78, 5) is 0. The van der Waals surface area contributed by atoms with Crippen LogP contribution in [0.25, 0.3) is 10.8 Å². The first-order chi connectivity index (χ1) is 5.27. The number of halogens is 1. The molecule has 0 amide bonds. The molecule has 1 radical (unpaired) electrons. The van der Waals surface area contributed by atoms with E-state index in [9.17, 15) is 4.39 Å². The van der Waals surface area contributed by atoms with Gasteiger partial charge in [0, 0.05) is 17.7 Å². The molecular formula is C9H6FO. The molecule has 0 bridgehead atoms. The number of rotatable bonds is 0. The molecule has 1 aromatic heterocycles. The average Bonchev–Trinajstić information content (AvgIpc) is 2.32. The molecule has 0 aliphatic heterocycles. The molecule has 0 saturated heterocycles. The maximum atomic E-state index is 12.6. The first-order valence-corrected chi connectivity index (χ1v) is 3.26. The highest BCUT2D eigenvalue weighted by molar-refractivity contribution is 5.84. The van der Waals surface area contributed by atoms with E-state index in [0.717, 1.165) is 10.8 Å². The number of hydrogen-bond acceptors (Lipinski definition) is 1. The summed E-state index contributed by atoms with van der Waals surface area (Å²) in [6, 6.07) is 4.48. The fraction of sp³-hybridized carbons (Fsp3) is 0. The zero-order chi connectivity index (χ0) is 7.84. The predicted octanol–water partition coefficient (Wildman–Crippen LogP) is 2.75. The molecule has 2 aromatic rings. The quantitative estimate of drug-likeness (QED) is 0.561. The third-order valence-electron chi connectivity index (χ3n) is 1.64. The van der Waals surface area contributed by atoms with E-state index in [-0.39, 0.29) is 5.82 Å². The second-order valence-electron chi connectivity index (χ2n) is 2.39. The van der Waals surface area contributed by atoms with E-state index in [1.165, 1.54) is 18.4 Å². The Kier molecular flexibility index (Phi) is 1.22. The van der Waals surface area contributed by atoms with Crippen LogP contribution in [0.4, 0.5) is 4.39 Å². The van der Waals surface area contributed by atoms with Gasteiger partial charge in [0.2, 0.25) is 0 Å². The van der Waals surface area contributed by atoms with Crippen molar-refractivity contribution in [3.63, 3.8) is 0 Å². The zero-order valence-corrected chi connectivity index (χ0v) is 5.80. The van der Waals surface area contributed by atoms with E-state index in [2.05, 4.69) is 6.92 Å². The standard InChI is InChI=1S/C9H6FO/c1-6-9-3-2-8(10)4-7(9)5-11-6/h2-5H,1H2. The Hall–Kier alpha value is -1.31. The Labute approximate surface area is 63.4 Å². The Morgan fingerprint density at radius 3 is 3.00 bits per heavy atom. The molecule has 1 nitrogen and oxygen atoms in total. The monoisotopic (exact) mass is 149 g/mol. The third kappa shape index (κ3) is 0.909. The van der Waals surface area contributed by atoms with Crippen LogP contribution in [-0.4, -0.2) is 0 Å². The second-order valence-corrected chi connectivity index (χ2v) is 2.39. The molecule has 1 aromatic carbocycles. The van der Waals surface area contributed by atoms with E-state index in [1.807, 2.05) is 0 Å². The molecule has 2 rings (SSSR count). The Balaban J connectivity index is 2.86. The molecule has 0 aliphatic carbocycles. The number of furan rings is 1.